The standard InChI is InChI=1S/C27H27N3O3/c1-16(31)28-22-6-3-2-5-21(22)17-9-12-23-26(13-17)33-27-24(7-4-8-25(27)32)30(23)20-14-18-10-11-19(15-20)29-18/h2-9,12-13,18-20,29,32H,10-11,14-15H2,1H3,(H,28,31). The van der Waals surface area contributed by atoms with Crippen LogP contribution in [0.15, 0.2) is 60.7 Å². The number of hydrogen-bond acceptors (Lipinski definition) is 5. The zero-order valence-corrected chi connectivity index (χ0v) is 18.5. The van der Waals surface area contributed by atoms with E-state index in [0.717, 1.165) is 41.0 Å². The van der Waals surface area contributed by atoms with Crippen molar-refractivity contribution in [1.29, 1.82) is 0 Å². The fraction of sp³-hybridized carbons (Fsp3) is 0.296. The van der Waals surface area contributed by atoms with Gasteiger partial charge in [0.15, 0.2) is 17.2 Å². The van der Waals surface area contributed by atoms with Gasteiger partial charge in [0.25, 0.3) is 0 Å². The molecule has 0 aromatic heterocycles. The summed E-state index contributed by atoms with van der Waals surface area (Å²) in [6.45, 7) is 1.51. The molecule has 3 aliphatic rings. The molecule has 2 atom stereocenters. The number of amides is 1. The van der Waals surface area contributed by atoms with Gasteiger partial charge in [-0.15, -0.1) is 0 Å². The summed E-state index contributed by atoms with van der Waals surface area (Å²) in [5, 5.41) is 17.3. The quantitative estimate of drug-likeness (QED) is 0.497. The summed E-state index contributed by atoms with van der Waals surface area (Å²) in [5.41, 5.74) is 4.56. The summed E-state index contributed by atoms with van der Waals surface area (Å²) < 4.78 is 6.29. The van der Waals surface area contributed by atoms with Gasteiger partial charge in [-0.25, -0.2) is 0 Å². The van der Waals surface area contributed by atoms with Crippen LogP contribution >= 0.6 is 0 Å². The van der Waals surface area contributed by atoms with Gasteiger partial charge in [0.1, 0.15) is 0 Å². The fourth-order valence-electron chi connectivity index (χ4n) is 5.67. The van der Waals surface area contributed by atoms with Crippen LogP contribution in [-0.4, -0.2) is 29.1 Å². The maximum Gasteiger partial charge on any atom is 0.221 e. The summed E-state index contributed by atoms with van der Waals surface area (Å²) in [6, 6.07) is 21.0. The van der Waals surface area contributed by atoms with E-state index in [-0.39, 0.29) is 11.7 Å². The summed E-state index contributed by atoms with van der Waals surface area (Å²) in [4.78, 5) is 14.1. The molecule has 0 radical (unpaired) electrons. The van der Waals surface area contributed by atoms with Gasteiger partial charge < -0.3 is 25.4 Å². The first-order valence-electron chi connectivity index (χ1n) is 11.6. The Kier molecular flexibility index (Phi) is 4.76. The van der Waals surface area contributed by atoms with Crippen LogP contribution in [0.5, 0.6) is 17.2 Å². The molecule has 3 aliphatic heterocycles. The molecule has 3 N–H and O–H groups in total. The molecule has 2 fully saturated rings. The third-order valence-electron chi connectivity index (χ3n) is 7.03. The van der Waals surface area contributed by atoms with Crippen molar-refractivity contribution >= 4 is 23.0 Å². The first-order valence-corrected chi connectivity index (χ1v) is 11.6. The van der Waals surface area contributed by atoms with Gasteiger partial charge in [0, 0.05) is 36.3 Å². The molecular formula is C27H27N3O3. The summed E-state index contributed by atoms with van der Waals surface area (Å²) in [7, 11) is 0. The second kappa shape index (κ2) is 7.81. The number of phenolic OH excluding ortho intramolecular Hbond substituents is 1. The molecule has 168 valence electrons. The van der Waals surface area contributed by atoms with Crippen molar-refractivity contribution in [2.45, 2.75) is 50.7 Å². The molecular weight excluding hydrogens is 414 g/mol. The Balaban J connectivity index is 1.45. The molecule has 2 saturated heterocycles. The number of hydrogen-bond donors (Lipinski definition) is 3. The molecule has 6 rings (SSSR count). The van der Waals surface area contributed by atoms with Crippen molar-refractivity contribution < 1.29 is 14.6 Å². The minimum Gasteiger partial charge on any atom is -0.504 e. The molecule has 3 aromatic rings. The Hall–Kier alpha value is -3.51. The zero-order chi connectivity index (χ0) is 22.5. The van der Waals surface area contributed by atoms with E-state index in [9.17, 15) is 9.90 Å². The third-order valence-corrected chi connectivity index (χ3v) is 7.03. The van der Waals surface area contributed by atoms with E-state index < -0.39 is 0 Å². The Bertz CT molecular complexity index is 1230. The number of nitrogens with zero attached hydrogens (tertiary/aromatic N) is 1. The summed E-state index contributed by atoms with van der Waals surface area (Å²) in [5.74, 6) is 1.25. The highest BCUT2D eigenvalue weighted by Crippen LogP contribution is 2.53. The predicted molar refractivity (Wildman–Crippen MR) is 129 cm³/mol. The van der Waals surface area contributed by atoms with Crippen LogP contribution in [0.4, 0.5) is 17.1 Å². The van der Waals surface area contributed by atoms with Crippen molar-refractivity contribution in [3.8, 4) is 28.4 Å². The van der Waals surface area contributed by atoms with Crippen LogP contribution in [-0.2, 0) is 4.79 Å². The average Bonchev–Trinajstić information content (AvgIpc) is 3.15. The number of fused-ring (bicyclic) bond motifs is 4. The molecule has 3 heterocycles. The Morgan fingerprint density at radius 1 is 1.03 bits per heavy atom. The smallest absolute Gasteiger partial charge is 0.221 e. The molecule has 0 saturated carbocycles. The number of para-hydroxylation sites is 2. The highest BCUT2D eigenvalue weighted by molar-refractivity contribution is 5.94. The lowest BCUT2D eigenvalue weighted by Crippen LogP contribution is -2.47. The van der Waals surface area contributed by atoms with E-state index in [1.54, 1.807) is 6.07 Å². The van der Waals surface area contributed by atoms with Crippen LogP contribution in [0.25, 0.3) is 11.1 Å². The van der Waals surface area contributed by atoms with E-state index in [4.69, 9.17) is 4.74 Å². The molecule has 2 bridgehead atoms. The van der Waals surface area contributed by atoms with Gasteiger partial charge in [-0.05, 0) is 61.6 Å². The number of anilines is 3. The number of benzene rings is 3. The van der Waals surface area contributed by atoms with E-state index in [0.29, 0.717) is 29.6 Å². The average molecular weight is 442 g/mol. The number of ether oxygens (including phenoxy) is 1. The van der Waals surface area contributed by atoms with Crippen LogP contribution in [0, 0.1) is 0 Å². The van der Waals surface area contributed by atoms with Crippen molar-refractivity contribution in [3.05, 3.63) is 60.7 Å². The van der Waals surface area contributed by atoms with Crippen molar-refractivity contribution in [1.82, 2.24) is 5.32 Å². The number of carbonyl (C=O) groups is 1. The minimum absolute atomic E-state index is 0.109. The van der Waals surface area contributed by atoms with Gasteiger partial charge in [0.2, 0.25) is 5.91 Å². The molecule has 33 heavy (non-hydrogen) atoms. The van der Waals surface area contributed by atoms with Crippen LogP contribution < -0.4 is 20.3 Å². The van der Waals surface area contributed by atoms with Gasteiger partial charge in [-0.1, -0.05) is 30.3 Å². The summed E-state index contributed by atoms with van der Waals surface area (Å²) >= 11 is 0. The number of carbonyl (C=O) groups excluding carboxylic acids is 1. The van der Waals surface area contributed by atoms with Crippen molar-refractivity contribution in [2.24, 2.45) is 0 Å². The highest BCUT2D eigenvalue weighted by atomic mass is 16.5. The van der Waals surface area contributed by atoms with Gasteiger partial charge >= 0.3 is 0 Å². The van der Waals surface area contributed by atoms with E-state index >= 15 is 0 Å². The van der Waals surface area contributed by atoms with Gasteiger partial charge in [-0.3, -0.25) is 4.79 Å². The van der Waals surface area contributed by atoms with Crippen LogP contribution in [0.1, 0.15) is 32.6 Å². The second-order valence-corrected chi connectivity index (χ2v) is 9.27. The fourth-order valence-corrected chi connectivity index (χ4v) is 5.67. The maximum atomic E-state index is 11.7. The van der Waals surface area contributed by atoms with Gasteiger partial charge in [-0.2, -0.15) is 0 Å². The number of piperidine rings is 1. The molecule has 3 aromatic carbocycles. The summed E-state index contributed by atoms with van der Waals surface area (Å²) in [6.07, 6.45) is 4.59. The van der Waals surface area contributed by atoms with Crippen LogP contribution in [0.2, 0.25) is 0 Å². The molecule has 6 heteroatoms. The topological polar surface area (TPSA) is 73.8 Å². The minimum atomic E-state index is -0.109. The largest absolute Gasteiger partial charge is 0.504 e. The van der Waals surface area contributed by atoms with E-state index in [1.807, 2.05) is 42.5 Å². The van der Waals surface area contributed by atoms with Crippen LogP contribution in [0.3, 0.4) is 0 Å². The number of aromatic hydroxyl groups is 1. The molecule has 0 aliphatic carbocycles. The predicted octanol–water partition coefficient (Wildman–Crippen LogP) is 5.54. The van der Waals surface area contributed by atoms with Crippen molar-refractivity contribution in [2.75, 3.05) is 10.2 Å². The number of nitrogens with one attached hydrogen (secondary N) is 2. The van der Waals surface area contributed by atoms with Gasteiger partial charge in [0.05, 0.1) is 11.4 Å². The normalized spacial score (nSPS) is 22.8. The Morgan fingerprint density at radius 2 is 1.82 bits per heavy atom. The molecule has 1 amide bonds. The molecule has 6 nitrogen and oxygen atoms in total. The van der Waals surface area contributed by atoms with Crippen molar-refractivity contribution in [3.63, 3.8) is 0 Å². The first-order chi connectivity index (χ1) is 16.1. The monoisotopic (exact) mass is 441 g/mol. The maximum absolute atomic E-state index is 11.7. The Labute approximate surface area is 193 Å². The first kappa shape index (κ1) is 20.1. The zero-order valence-electron chi connectivity index (χ0n) is 18.5. The lowest BCUT2D eigenvalue weighted by Gasteiger charge is -2.42. The highest BCUT2D eigenvalue weighted by Gasteiger charge is 2.40. The second-order valence-electron chi connectivity index (χ2n) is 9.27. The SMILES string of the molecule is CC(=O)Nc1ccccc1-c1ccc2c(c1)Oc1c(O)cccc1N2C1CC2CCC(C1)N2. The molecule has 2 unspecified atom stereocenters. The Morgan fingerprint density at radius 3 is 2.61 bits per heavy atom. The lowest BCUT2D eigenvalue weighted by atomic mass is 9.95. The number of rotatable bonds is 3. The number of phenols is 1. The third kappa shape index (κ3) is 3.51. The lowest BCUT2D eigenvalue weighted by molar-refractivity contribution is -0.114. The van der Waals surface area contributed by atoms with E-state index in [2.05, 4.69) is 27.7 Å². The molecule has 0 spiro atoms. The van der Waals surface area contributed by atoms with E-state index in [1.165, 1.54) is 19.8 Å².